The highest BCUT2D eigenvalue weighted by molar-refractivity contribution is 9.10. The summed E-state index contributed by atoms with van der Waals surface area (Å²) < 4.78 is 13.0. The predicted octanol–water partition coefficient (Wildman–Crippen LogP) is 2.55. The first-order valence-electron chi connectivity index (χ1n) is 2.96. The summed E-state index contributed by atoms with van der Waals surface area (Å²) >= 11 is 8.14. The number of halogens is 3. The fraction of sp³-hybridized carbons (Fsp3) is 0. The molecular formula is C7H4BrClFNO. The van der Waals surface area contributed by atoms with Crippen molar-refractivity contribution in [3.63, 3.8) is 0 Å². The van der Waals surface area contributed by atoms with E-state index in [1.807, 2.05) is 0 Å². The molecule has 0 heterocycles. The van der Waals surface area contributed by atoms with Gasteiger partial charge in [-0.05, 0) is 39.7 Å². The second-order valence-electron chi connectivity index (χ2n) is 2.12. The first-order valence-corrected chi connectivity index (χ1v) is 4.14. The van der Waals surface area contributed by atoms with Gasteiger partial charge in [-0.1, -0.05) is 0 Å². The van der Waals surface area contributed by atoms with Crippen molar-refractivity contribution in [3.8, 4) is 0 Å². The van der Waals surface area contributed by atoms with Crippen molar-refractivity contribution in [2.24, 2.45) is 0 Å². The zero-order valence-electron chi connectivity index (χ0n) is 5.77. The van der Waals surface area contributed by atoms with Crippen LogP contribution < -0.4 is 5.73 Å². The quantitative estimate of drug-likeness (QED) is 0.616. The van der Waals surface area contributed by atoms with Gasteiger partial charge in [-0.15, -0.1) is 0 Å². The van der Waals surface area contributed by atoms with Gasteiger partial charge in [-0.2, -0.15) is 0 Å². The molecule has 0 aliphatic carbocycles. The SMILES string of the molecule is Nc1c(Br)cc(F)cc1C(=O)Cl. The zero-order valence-corrected chi connectivity index (χ0v) is 8.12. The molecule has 64 valence electrons. The molecule has 5 heteroatoms. The standard InChI is InChI=1S/C7H4BrClFNO/c8-5-2-3(10)1-4(6(5)11)7(9)12/h1-2H,11H2. The van der Waals surface area contributed by atoms with Crippen LogP contribution in [0.15, 0.2) is 16.6 Å². The Morgan fingerprint density at radius 1 is 1.58 bits per heavy atom. The average Bonchev–Trinajstić information content (AvgIpc) is 1.96. The number of carbonyl (C=O) groups is 1. The van der Waals surface area contributed by atoms with Gasteiger partial charge in [0.15, 0.2) is 0 Å². The maximum absolute atomic E-state index is 12.7. The van der Waals surface area contributed by atoms with Crippen LogP contribution in [-0.2, 0) is 0 Å². The van der Waals surface area contributed by atoms with Gasteiger partial charge in [0.1, 0.15) is 5.82 Å². The molecule has 12 heavy (non-hydrogen) atoms. The number of carbonyl (C=O) groups excluding carboxylic acids is 1. The third-order valence-corrected chi connectivity index (χ3v) is 2.17. The van der Waals surface area contributed by atoms with Crippen molar-refractivity contribution in [2.75, 3.05) is 5.73 Å². The summed E-state index contributed by atoms with van der Waals surface area (Å²) in [5, 5.41) is -0.771. The summed E-state index contributed by atoms with van der Waals surface area (Å²) in [4.78, 5) is 10.7. The van der Waals surface area contributed by atoms with E-state index in [4.69, 9.17) is 17.3 Å². The summed E-state index contributed by atoms with van der Waals surface area (Å²) in [6.07, 6.45) is 0. The van der Waals surface area contributed by atoms with E-state index in [0.29, 0.717) is 4.47 Å². The Bertz CT molecular complexity index is 342. The van der Waals surface area contributed by atoms with Gasteiger partial charge in [-0.3, -0.25) is 4.79 Å². The second kappa shape index (κ2) is 3.41. The van der Waals surface area contributed by atoms with Gasteiger partial charge in [0, 0.05) is 4.47 Å². The van der Waals surface area contributed by atoms with Gasteiger partial charge in [0.2, 0.25) is 0 Å². The van der Waals surface area contributed by atoms with Crippen LogP contribution in [0.3, 0.4) is 0 Å². The van der Waals surface area contributed by atoms with E-state index in [1.165, 1.54) is 6.07 Å². The summed E-state index contributed by atoms with van der Waals surface area (Å²) in [5.41, 5.74) is 5.56. The van der Waals surface area contributed by atoms with Crippen LogP contribution in [-0.4, -0.2) is 5.24 Å². The van der Waals surface area contributed by atoms with E-state index in [-0.39, 0.29) is 11.3 Å². The van der Waals surface area contributed by atoms with Crippen LogP contribution >= 0.6 is 27.5 Å². The number of hydrogen-bond acceptors (Lipinski definition) is 2. The van der Waals surface area contributed by atoms with Crippen LogP contribution in [0, 0.1) is 5.82 Å². The minimum Gasteiger partial charge on any atom is -0.397 e. The topological polar surface area (TPSA) is 43.1 Å². The Morgan fingerprint density at radius 2 is 2.17 bits per heavy atom. The molecule has 0 radical (unpaired) electrons. The Labute approximate surface area is 81.6 Å². The Balaban J connectivity index is 3.37. The Kier molecular flexibility index (Phi) is 2.69. The normalized spacial score (nSPS) is 9.92. The van der Waals surface area contributed by atoms with Crippen LogP contribution in [0.5, 0.6) is 0 Å². The Morgan fingerprint density at radius 3 is 2.67 bits per heavy atom. The van der Waals surface area contributed by atoms with E-state index < -0.39 is 11.1 Å². The van der Waals surface area contributed by atoms with Gasteiger partial charge < -0.3 is 5.73 Å². The lowest BCUT2D eigenvalue weighted by molar-refractivity contribution is 0.108. The lowest BCUT2D eigenvalue weighted by Gasteiger charge is -2.02. The molecule has 0 unspecified atom stereocenters. The zero-order chi connectivity index (χ0) is 9.30. The number of nitrogens with two attached hydrogens (primary N) is 1. The smallest absolute Gasteiger partial charge is 0.254 e. The molecule has 0 saturated heterocycles. The Hall–Kier alpha value is -0.610. The summed E-state index contributed by atoms with van der Waals surface area (Å²) in [5.74, 6) is -0.555. The number of hydrogen-bond donors (Lipinski definition) is 1. The molecule has 1 aromatic carbocycles. The lowest BCUT2D eigenvalue weighted by Crippen LogP contribution is -1.99. The first-order chi connectivity index (χ1) is 5.52. The van der Waals surface area contributed by atoms with E-state index in [2.05, 4.69) is 15.9 Å². The molecule has 0 fully saturated rings. The molecule has 1 aromatic rings. The van der Waals surface area contributed by atoms with Gasteiger partial charge >= 0.3 is 0 Å². The second-order valence-corrected chi connectivity index (χ2v) is 3.32. The van der Waals surface area contributed by atoms with Crippen molar-refractivity contribution in [3.05, 3.63) is 28.0 Å². The molecule has 0 amide bonds. The minimum absolute atomic E-state index is 0.0245. The monoisotopic (exact) mass is 251 g/mol. The molecule has 0 aromatic heterocycles. The highest BCUT2D eigenvalue weighted by atomic mass is 79.9. The van der Waals surface area contributed by atoms with E-state index in [0.717, 1.165) is 6.07 Å². The molecule has 1 rings (SSSR count). The number of benzene rings is 1. The third kappa shape index (κ3) is 1.76. The minimum atomic E-state index is -0.771. The van der Waals surface area contributed by atoms with Crippen LogP contribution in [0.25, 0.3) is 0 Å². The molecule has 0 bridgehead atoms. The first kappa shape index (κ1) is 9.48. The highest BCUT2D eigenvalue weighted by Gasteiger charge is 2.11. The van der Waals surface area contributed by atoms with E-state index in [9.17, 15) is 9.18 Å². The molecule has 0 aliphatic rings. The molecule has 2 nitrogen and oxygen atoms in total. The van der Waals surface area contributed by atoms with Crippen LogP contribution in [0.1, 0.15) is 10.4 Å². The van der Waals surface area contributed by atoms with Crippen molar-refractivity contribution < 1.29 is 9.18 Å². The number of nitrogen functional groups attached to an aromatic ring is 1. The van der Waals surface area contributed by atoms with Gasteiger partial charge in [0.05, 0.1) is 11.3 Å². The summed E-state index contributed by atoms with van der Waals surface area (Å²) in [6.45, 7) is 0. The number of rotatable bonds is 1. The molecular weight excluding hydrogens is 248 g/mol. The van der Waals surface area contributed by atoms with Crippen LogP contribution in [0.4, 0.5) is 10.1 Å². The van der Waals surface area contributed by atoms with Gasteiger partial charge in [-0.25, -0.2) is 4.39 Å². The maximum atomic E-state index is 12.7. The molecule has 0 atom stereocenters. The fourth-order valence-corrected chi connectivity index (χ4v) is 1.34. The highest BCUT2D eigenvalue weighted by Crippen LogP contribution is 2.25. The summed E-state index contributed by atoms with van der Waals surface area (Å²) in [7, 11) is 0. The van der Waals surface area contributed by atoms with Crippen LogP contribution in [0.2, 0.25) is 0 Å². The van der Waals surface area contributed by atoms with Crippen molar-refractivity contribution >= 4 is 38.5 Å². The molecule has 2 N–H and O–H groups in total. The number of anilines is 1. The van der Waals surface area contributed by atoms with Gasteiger partial charge in [0.25, 0.3) is 5.24 Å². The predicted molar refractivity (Wildman–Crippen MR) is 48.7 cm³/mol. The van der Waals surface area contributed by atoms with E-state index >= 15 is 0 Å². The largest absolute Gasteiger partial charge is 0.397 e. The van der Waals surface area contributed by atoms with E-state index in [1.54, 1.807) is 0 Å². The van der Waals surface area contributed by atoms with Crippen molar-refractivity contribution in [2.45, 2.75) is 0 Å². The molecule has 0 saturated carbocycles. The lowest BCUT2D eigenvalue weighted by atomic mass is 10.2. The average molecular weight is 252 g/mol. The fourth-order valence-electron chi connectivity index (χ4n) is 0.747. The molecule has 0 aliphatic heterocycles. The third-order valence-electron chi connectivity index (χ3n) is 1.31. The van der Waals surface area contributed by atoms with Crippen molar-refractivity contribution in [1.82, 2.24) is 0 Å². The van der Waals surface area contributed by atoms with Crippen molar-refractivity contribution in [1.29, 1.82) is 0 Å². The maximum Gasteiger partial charge on any atom is 0.254 e. The summed E-state index contributed by atoms with van der Waals surface area (Å²) in [6, 6.07) is 2.16. The molecule has 0 spiro atoms.